The van der Waals surface area contributed by atoms with Crippen molar-refractivity contribution in [3.63, 3.8) is 0 Å². The Hall–Kier alpha value is -2.37. The van der Waals surface area contributed by atoms with Crippen molar-refractivity contribution in [3.05, 3.63) is 54.1 Å². The van der Waals surface area contributed by atoms with Crippen LogP contribution in [-0.4, -0.2) is 29.4 Å². The molecule has 0 atom stereocenters. The molecule has 2 rings (SSSR count). The molecular weight excluding hydrogens is 260 g/mol. The molecule has 0 saturated heterocycles. The van der Waals surface area contributed by atoms with Gasteiger partial charge < -0.3 is 19.7 Å². The van der Waals surface area contributed by atoms with Crippen molar-refractivity contribution in [2.75, 3.05) is 7.11 Å². The molecule has 5 nitrogen and oxygen atoms in total. The van der Waals surface area contributed by atoms with Crippen LogP contribution in [0.25, 0.3) is 0 Å². The molecule has 2 aromatic rings. The van der Waals surface area contributed by atoms with Crippen LogP contribution in [0.1, 0.15) is 10.4 Å². The largest absolute Gasteiger partial charge is 0.497 e. The number of aliphatic hydroxyl groups excluding tert-OH is 1. The van der Waals surface area contributed by atoms with E-state index in [9.17, 15) is 4.79 Å². The highest BCUT2D eigenvalue weighted by atomic mass is 16.5. The van der Waals surface area contributed by atoms with Gasteiger partial charge in [-0.3, -0.25) is 4.79 Å². The Labute approximate surface area is 116 Å². The summed E-state index contributed by atoms with van der Waals surface area (Å²) < 4.78 is 10.6. The quantitative estimate of drug-likeness (QED) is 0.644. The number of carbonyl (C=O) groups is 1. The first kappa shape index (κ1) is 14.0. The van der Waals surface area contributed by atoms with Crippen molar-refractivity contribution < 1.29 is 24.5 Å². The van der Waals surface area contributed by atoms with Crippen LogP contribution < -0.4 is 9.47 Å². The van der Waals surface area contributed by atoms with Gasteiger partial charge in [0, 0.05) is 5.56 Å². The summed E-state index contributed by atoms with van der Waals surface area (Å²) in [5, 5.41) is 17.6. The van der Waals surface area contributed by atoms with Crippen LogP contribution in [0.3, 0.4) is 0 Å². The van der Waals surface area contributed by atoms with Gasteiger partial charge in [-0.1, -0.05) is 0 Å². The molecule has 5 heteroatoms. The van der Waals surface area contributed by atoms with E-state index in [1.165, 1.54) is 12.1 Å². The second kappa shape index (κ2) is 6.18. The third kappa shape index (κ3) is 3.34. The molecule has 0 bridgehead atoms. The maximum absolute atomic E-state index is 11.3. The maximum Gasteiger partial charge on any atom is 0.218 e. The number of ether oxygens (including phenoxy) is 2. The van der Waals surface area contributed by atoms with Crippen LogP contribution in [0.15, 0.2) is 48.5 Å². The molecule has 0 amide bonds. The van der Waals surface area contributed by atoms with E-state index in [-0.39, 0.29) is 5.56 Å². The standard InChI is InChI=1S/C15H14O5/c1-19-11-6-8-13(9-7-11)20-12-4-2-10(3-5-12)14(16)15(17)18/h2-9,15,17-18H,1H3. The van der Waals surface area contributed by atoms with Crippen LogP contribution in [0, 0.1) is 0 Å². The van der Waals surface area contributed by atoms with Crippen LogP contribution in [0.5, 0.6) is 17.2 Å². The first-order valence-electron chi connectivity index (χ1n) is 5.92. The van der Waals surface area contributed by atoms with Crippen LogP contribution in [0.4, 0.5) is 0 Å². The minimum atomic E-state index is -2.00. The lowest BCUT2D eigenvalue weighted by Gasteiger charge is -2.08. The maximum atomic E-state index is 11.3. The van der Waals surface area contributed by atoms with Gasteiger partial charge in [-0.15, -0.1) is 0 Å². The highest BCUT2D eigenvalue weighted by molar-refractivity contribution is 5.98. The molecule has 2 N–H and O–H groups in total. The van der Waals surface area contributed by atoms with Crippen molar-refractivity contribution in [1.82, 2.24) is 0 Å². The highest BCUT2D eigenvalue weighted by Gasteiger charge is 2.13. The van der Waals surface area contributed by atoms with Crippen molar-refractivity contribution >= 4 is 5.78 Å². The Morgan fingerprint density at radius 1 is 0.900 bits per heavy atom. The topological polar surface area (TPSA) is 76.0 Å². The Morgan fingerprint density at radius 2 is 1.35 bits per heavy atom. The molecule has 0 fully saturated rings. The molecule has 2 aromatic carbocycles. The van der Waals surface area contributed by atoms with Gasteiger partial charge in [0.25, 0.3) is 0 Å². The van der Waals surface area contributed by atoms with Gasteiger partial charge in [-0.25, -0.2) is 0 Å². The Bertz CT molecular complexity index is 572. The molecule has 0 saturated carbocycles. The average Bonchev–Trinajstić information content (AvgIpc) is 2.48. The summed E-state index contributed by atoms with van der Waals surface area (Å²) in [6.07, 6.45) is -2.00. The summed E-state index contributed by atoms with van der Waals surface area (Å²) in [4.78, 5) is 11.3. The molecule has 0 unspecified atom stereocenters. The summed E-state index contributed by atoms with van der Waals surface area (Å²) in [5.74, 6) is 1.16. The number of methoxy groups -OCH3 is 1. The lowest BCUT2D eigenvalue weighted by atomic mass is 10.1. The molecule has 0 radical (unpaired) electrons. The lowest BCUT2D eigenvalue weighted by Crippen LogP contribution is -2.19. The minimum Gasteiger partial charge on any atom is -0.497 e. The molecule has 0 aliphatic rings. The first-order chi connectivity index (χ1) is 9.60. The third-order valence-corrected chi connectivity index (χ3v) is 2.67. The molecular formula is C15H14O5. The zero-order valence-corrected chi connectivity index (χ0v) is 10.8. The smallest absolute Gasteiger partial charge is 0.218 e. The summed E-state index contributed by atoms with van der Waals surface area (Å²) in [6, 6.07) is 13.2. The van der Waals surface area contributed by atoms with E-state index < -0.39 is 12.1 Å². The van der Waals surface area contributed by atoms with Crippen molar-refractivity contribution in [3.8, 4) is 17.2 Å². The van der Waals surface area contributed by atoms with Gasteiger partial charge in [-0.2, -0.15) is 0 Å². The summed E-state index contributed by atoms with van der Waals surface area (Å²) in [5.41, 5.74) is 0.210. The number of hydrogen-bond donors (Lipinski definition) is 2. The van der Waals surface area contributed by atoms with Crippen LogP contribution in [0.2, 0.25) is 0 Å². The van der Waals surface area contributed by atoms with Gasteiger partial charge in [0.15, 0.2) is 0 Å². The molecule has 0 aliphatic carbocycles. The molecule has 104 valence electrons. The molecule has 20 heavy (non-hydrogen) atoms. The van der Waals surface area contributed by atoms with E-state index in [1.54, 1.807) is 43.5 Å². The molecule has 0 aromatic heterocycles. The van der Waals surface area contributed by atoms with Gasteiger partial charge in [0.05, 0.1) is 7.11 Å². The second-order valence-corrected chi connectivity index (χ2v) is 4.04. The van der Waals surface area contributed by atoms with Crippen molar-refractivity contribution in [2.45, 2.75) is 6.29 Å². The number of rotatable bonds is 5. The number of Topliss-reactive ketones (excluding diaryl/α,β-unsaturated/α-hetero) is 1. The van der Waals surface area contributed by atoms with Gasteiger partial charge in [0.2, 0.25) is 12.1 Å². The Morgan fingerprint density at radius 3 is 1.80 bits per heavy atom. The summed E-state index contributed by atoms with van der Waals surface area (Å²) in [6.45, 7) is 0. The molecule has 0 aliphatic heterocycles. The Balaban J connectivity index is 2.08. The predicted molar refractivity (Wildman–Crippen MR) is 72.1 cm³/mol. The summed E-state index contributed by atoms with van der Waals surface area (Å²) >= 11 is 0. The fraction of sp³-hybridized carbons (Fsp3) is 0.133. The number of carbonyl (C=O) groups excluding carboxylic acids is 1. The Kier molecular flexibility index (Phi) is 4.34. The monoisotopic (exact) mass is 274 g/mol. The van der Waals surface area contributed by atoms with E-state index in [0.29, 0.717) is 11.5 Å². The lowest BCUT2D eigenvalue weighted by molar-refractivity contribution is -0.0195. The highest BCUT2D eigenvalue weighted by Crippen LogP contribution is 2.24. The number of aliphatic hydroxyl groups is 2. The minimum absolute atomic E-state index is 0.210. The van der Waals surface area contributed by atoms with Crippen LogP contribution >= 0.6 is 0 Å². The van der Waals surface area contributed by atoms with Crippen LogP contribution in [-0.2, 0) is 0 Å². The van der Waals surface area contributed by atoms with E-state index in [0.717, 1.165) is 5.75 Å². The third-order valence-electron chi connectivity index (χ3n) is 2.67. The van der Waals surface area contributed by atoms with Crippen molar-refractivity contribution in [1.29, 1.82) is 0 Å². The zero-order valence-electron chi connectivity index (χ0n) is 10.8. The van der Waals surface area contributed by atoms with E-state index in [2.05, 4.69) is 0 Å². The SMILES string of the molecule is COc1ccc(Oc2ccc(C(=O)C(O)O)cc2)cc1. The molecule has 0 spiro atoms. The van der Waals surface area contributed by atoms with Gasteiger partial charge in [-0.05, 0) is 48.5 Å². The van der Waals surface area contributed by atoms with E-state index in [1.807, 2.05) is 0 Å². The number of hydrogen-bond acceptors (Lipinski definition) is 5. The summed E-state index contributed by atoms with van der Waals surface area (Å²) in [7, 11) is 1.58. The number of benzene rings is 2. The van der Waals surface area contributed by atoms with E-state index >= 15 is 0 Å². The fourth-order valence-electron chi connectivity index (χ4n) is 1.62. The van der Waals surface area contributed by atoms with E-state index in [4.69, 9.17) is 19.7 Å². The second-order valence-electron chi connectivity index (χ2n) is 4.04. The van der Waals surface area contributed by atoms with Crippen molar-refractivity contribution in [2.24, 2.45) is 0 Å². The number of ketones is 1. The fourth-order valence-corrected chi connectivity index (χ4v) is 1.62. The van der Waals surface area contributed by atoms with Gasteiger partial charge in [0.1, 0.15) is 17.2 Å². The average molecular weight is 274 g/mol. The normalized spacial score (nSPS) is 10.4. The molecule has 0 heterocycles. The first-order valence-corrected chi connectivity index (χ1v) is 5.92. The van der Waals surface area contributed by atoms with Gasteiger partial charge >= 0.3 is 0 Å². The predicted octanol–water partition coefficient (Wildman–Crippen LogP) is 1.98. The zero-order chi connectivity index (χ0) is 14.5.